The summed E-state index contributed by atoms with van der Waals surface area (Å²) in [5, 5.41) is 0. The van der Waals surface area contributed by atoms with Crippen LogP contribution in [0, 0.1) is 17.3 Å². The molecule has 2 saturated carbocycles. The third-order valence-electron chi connectivity index (χ3n) is 5.63. The Morgan fingerprint density at radius 1 is 1.00 bits per heavy atom. The van der Waals surface area contributed by atoms with Gasteiger partial charge in [0.25, 0.3) is 0 Å². The molecule has 0 aromatic heterocycles. The number of rotatable bonds is 4. The van der Waals surface area contributed by atoms with E-state index >= 15 is 0 Å². The predicted octanol–water partition coefficient (Wildman–Crippen LogP) is 5.95. The highest BCUT2D eigenvalue weighted by Gasteiger charge is 2.40. The molecule has 0 bridgehead atoms. The summed E-state index contributed by atoms with van der Waals surface area (Å²) in [5.41, 5.74) is 0.772. The van der Waals surface area contributed by atoms with Crippen molar-refractivity contribution in [2.45, 2.75) is 90.9 Å². The lowest BCUT2D eigenvalue weighted by molar-refractivity contribution is 0.0337. The van der Waals surface area contributed by atoms with Gasteiger partial charge in [-0.15, -0.1) is 0 Å². The molecule has 0 aliphatic heterocycles. The molecule has 2 rings (SSSR count). The summed E-state index contributed by atoms with van der Waals surface area (Å²) in [6.45, 7) is 4.86. The van der Waals surface area contributed by atoms with Gasteiger partial charge in [0, 0.05) is 0 Å². The van der Waals surface area contributed by atoms with Crippen LogP contribution in [0.25, 0.3) is 0 Å². The molecule has 0 N–H and O–H groups in total. The van der Waals surface area contributed by atoms with Crippen LogP contribution < -0.4 is 0 Å². The highest BCUT2D eigenvalue weighted by Crippen LogP contribution is 2.52. The van der Waals surface area contributed by atoms with Crippen LogP contribution >= 0.6 is 0 Å². The van der Waals surface area contributed by atoms with Gasteiger partial charge in [0.2, 0.25) is 0 Å². The maximum atomic E-state index is 2.50. The molecule has 2 fully saturated rings. The predicted molar refractivity (Wildman–Crippen MR) is 76.2 cm³/mol. The minimum Gasteiger partial charge on any atom is -0.0654 e. The van der Waals surface area contributed by atoms with E-state index in [4.69, 9.17) is 0 Å². The van der Waals surface area contributed by atoms with Gasteiger partial charge >= 0.3 is 0 Å². The molecule has 0 heteroatoms. The van der Waals surface area contributed by atoms with E-state index in [1.807, 2.05) is 0 Å². The molecule has 0 spiro atoms. The minimum absolute atomic E-state index is 0.772. The molecule has 2 aliphatic carbocycles. The highest BCUT2D eigenvalue weighted by molar-refractivity contribution is 4.91. The standard InChI is InChI=1S/C17H32/c1-3-4-12-17(13-8-9-15(2)14-17)16-10-6-5-7-11-16/h15-16H,3-14H2,1-2H3. The van der Waals surface area contributed by atoms with Crippen LogP contribution in [0.15, 0.2) is 0 Å². The van der Waals surface area contributed by atoms with Crippen molar-refractivity contribution in [3.8, 4) is 0 Å². The molecule has 2 atom stereocenters. The lowest BCUT2D eigenvalue weighted by Crippen LogP contribution is -2.36. The molecule has 0 amide bonds. The summed E-state index contributed by atoms with van der Waals surface area (Å²) in [6.07, 6.45) is 18.2. The van der Waals surface area contributed by atoms with Crippen molar-refractivity contribution < 1.29 is 0 Å². The second-order valence-electron chi connectivity index (χ2n) is 7.00. The average Bonchev–Trinajstić information content (AvgIpc) is 2.37. The van der Waals surface area contributed by atoms with Gasteiger partial charge in [0.15, 0.2) is 0 Å². The maximum Gasteiger partial charge on any atom is -0.0267 e. The minimum atomic E-state index is 0.772. The van der Waals surface area contributed by atoms with Crippen LogP contribution in [0.4, 0.5) is 0 Å². The zero-order valence-corrected chi connectivity index (χ0v) is 12.1. The average molecular weight is 236 g/mol. The molecule has 100 valence electrons. The van der Waals surface area contributed by atoms with Crippen molar-refractivity contribution >= 4 is 0 Å². The Hall–Kier alpha value is 0. The summed E-state index contributed by atoms with van der Waals surface area (Å²) >= 11 is 0. The van der Waals surface area contributed by atoms with Crippen molar-refractivity contribution in [2.24, 2.45) is 17.3 Å². The van der Waals surface area contributed by atoms with E-state index in [9.17, 15) is 0 Å². The van der Waals surface area contributed by atoms with Crippen LogP contribution in [0.1, 0.15) is 90.9 Å². The molecule has 17 heavy (non-hydrogen) atoms. The number of hydrogen-bond donors (Lipinski definition) is 0. The first-order chi connectivity index (χ1) is 8.27. The fraction of sp³-hybridized carbons (Fsp3) is 1.00. The van der Waals surface area contributed by atoms with Crippen molar-refractivity contribution in [3.63, 3.8) is 0 Å². The Bertz CT molecular complexity index is 214. The van der Waals surface area contributed by atoms with Crippen LogP contribution in [-0.4, -0.2) is 0 Å². The van der Waals surface area contributed by atoms with Crippen molar-refractivity contribution in [3.05, 3.63) is 0 Å². The van der Waals surface area contributed by atoms with E-state index in [0.29, 0.717) is 0 Å². The molecular formula is C17H32. The smallest absolute Gasteiger partial charge is 0.0267 e. The molecule has 0 radical (unpaired) electrons. The molecular weight excluding hydrogens is 204 g/mol. The van der Waals surface area contributed by atoms with Gasteiger partial charge in [0.1, 0.15) is 0 Å². The lowest BCUT2D eigenvalue weighted by atomic mass is 9.58. The van der Waals surface area contributed by atoms with Gasteiger partial charge in [-0.1, -0.05) is 58.8 Å². The van der Waals surface area contributed by atoms with Crippen LogP contribution in [0.5, 0.6) is 0 Å². The van der Waals surface area contributed by atoms with Gasteiger partial charge in [-0.3, -0.25) is 0 Å². The third kappa shape index (κ3) is 3.26. The molecule has 2 aliphatic rings. The first-order valence-corrected chi connectivity index (χ1v) is 8.27. The van der Waals surface area contributed by atoms with Crippen molar-refractivity contribution in [2.75, 3.05) is 0 Å². The van der Waals surface area contributed by atoms with Gasteiger partial charge in [-0.2, -0.15) is 0 Å². The second kappa shape index (κ2) is 6.25. The van der Waals surface area contributed by atoms with E-state index in [1.54, 1.807) is 32.1 Å². The molecule has 0 nitrogen and oxygen atoms in total. The maximum absolute atomic E-state index is 2.50. The zero-order chi connectivity index (χ0) is 12.1. The SMILES string of the molecule is CCCCC1(C2CCCCC2)CCCC(C)C1. The first-order valence-electron chi connectivity index (χ1n) is 8.27. The Kier molecular flexibility index (Phi) is 4.94. The fourth-order valence-electron chi connectivity index (χ4n) is 4.75. The highest BCUT2D eigenvalue weighted by atomic mass is 14.5. The largest absolute Gasteiger partial charge is 0.0654 e. The normalized spacial score (nSPS) is 36.0. The third-order valence-corrected chi connectivity index (χ3v) is 5.63. The second-order valence-corrected chi connectivity index (χ2v) is 7.00. The van der Waals surface area contributed by atoms with Gasteiger partial charge in [0.05, 0.1) is 0 Å². The molecule has 0 saturated heterocycles. The number of unbranched alkanes of at least 4 members (excludes halogenated alkanes) is 1. The van der Waals surface area contributed by atoms with Gasteiger partial charge in [-0.25, -0.2) is 0 Å². The monoisotopic (exact) mass is 236 g/mol. The van der Waals surface area contributed by atoms with Crippen LogP contribution in [-0.2, 0) is 0 Å². The summed E-state index contributed by atoms with van der Waals surface area (Å²) < 4.78 is 0. The quantitative estimate of drug-likeness (QED) is 0.565. The fourth-order valence-corrected chi connectivity index (χ4v) is 4.75. The van der Waals surface area contributed by atoms with E-state index in [1.165, 1.54) is 44.9 Å². The van der Waals surface area contributed by atoms with E-state index < -0.39 is 0 Å². The summed E-state index contributed by atoms with van der Waals surface area (Å²) in [5.74, 6) is 2.09. The molecule has 0 aromatic carbocycles. The van der Waals surface area contributed by atoms with E-state index in [-0.39, 0.29) is 0 Å². The van der Waals surface area contributed by atoms with Crippen molar-refractivity contribution in [1.29, 1.82) is 0 Å². The summed E-state index contributed by atoms with van der Waals surface area (Å²) in [7, 11) is 0. The Morgan fingerprint density at radius 2 is 1.76 bits per heavy atom. The van der Waals surface area contributed by atoms with Gasteiger partial charge < -0.3 is 0 Å². The van der Waals surface area contributed by atoms with Crippen LogP contribution in [0.3, 0.4) is 0 Å². The number of hydrogen-bond acceptors (Lipinski definition) is 0. The Labute approximate surface area is 109 Å². The van der Waals surface area contributed by atoms with E-state index in [2.05, 4.69) is 13.8 Å². The van der Waals surface area contributed by atoms with E-state index in [0.717, 1.165) is 17.3 Å². The summed E-state index contributed by atoms with van der Waals surface area (Å²) in [6, 6.07) is 0. The van der Waals surface area contributed by atoms with Crippen LogP contribution in [0.2, 0.25) is 0 Å². The van der Waals surface area contributed by atoms with Crippen molar-refractivity contribution in [1.82, 2.24) is 0 Å². The summed E-state index contributed by atoms with van der Waals surface area (Å²) in [4.78, 5) is 0. The van der Waals surface area contributed by atoms with Gasteiger partial charge in [-0.05, 0) is 49.4 Å². The topological polar surface area (TPSA) is 0 Å². The Balaban J connectivity index is 2.04. The molecule has 0 aromatic rings. The lowest BCUT2D eigenvalue weighted by Gasteiger charge is -2.48. The molecule has 0 heterocycles. The Morgan fingerprint density at radius 3 is 2.41 bits per heavy atom. The molecule has 2 unspecified atom stereocenters. The zero-order valence-electron chi connectivity index (χ0n) is 12.1. The first kappa shape index (κ1) is 13.4.